The molecule has 64 valence electrons. The quantitative estimate of drug-likeness (QED) is 0.504. The molecule has 0 radical (unpaired) electrons. The van der Waals surface area contributed by atoms with Crippen LogP contribution in [0.3, 0.4) is 0 Å². The van der Waals surface area contributed by atoms with E-state index in [-0.39, 0.29) is 0 Å². The maximum atomic E-state index is 5.82. The highest BCUT2D eigenvalue weighted by Crippen LogP contribution is 2.32. The molecule has 1 aromatic carbocycles. The van der Waals surface area contributed by atoms with Crippen molar-refractivity contribution in [1.82, 2.24) is 0 Å². The maximum absolute atomic E-state index is 5.82. The summed E-state index contributed by atoms with van der Waals surface area (Å²) in [4.78, 5) is 0. The summed E-state index contributed by atoms with van der Waals surface area (Å²) >= 11 is 0. The molecule has 1 aromatic rings. The van der Waals surface area contributed by atoms with Gasteiger partial charge in [-0.15, -0.1) is 0 Å². The molecule has 1 heterocycles. The number of anilines is 3. The number of rotatable bonds is 0. The van der Waals surface area contributed by atoms with Gasteiger partial charge in [0.15, 0.2) is 0 Å². The van der Waals surface area contributed by atoms with Crippen molar-refractivity contribution in [2.75, 3.05) is 23.3 Å². The van der Waals surface area contributed by atoms with Crippen molar-refractivity contribution in [2.24, 2.45) is 0 Å². The molecule has 3 nitrogen and oxygen atoms in total. The number of nitrogen functional groups attached to an aromatic ring is 2. The van der Waals surface area contributed by atoms with Crippen LogP contribution in [0.25, 0.3) is 0 Å². The van der Waals surface area contributed by atoms with Gasteiger partial charge in [0.2, 0.25) is 0 Å². The van der Waals surface area contributed by atoms with Crippen LogP contribution in [-0.4, -0.2) is 6.54 Å². The van der Waals surface area contributed by atoms with E-state index in [0.717, 1.165) is 18.7 Å². The maximum Gasteiger partial charge on any atom is 0.0786 e. The van der Waals surface area contributed by atoms with Crippen molar-refractivity contribution in [3.05, 3.63) is 17.7 Å². The Bertz CT molecular complexity index is 307. The first-order chi connectivity index (χ1) is 5.79. The van der Waals surface area contributed by atoms with Crippen molar-refractivity contribution < 1.29 is 0 Å². The average Bonchev–Trinajstić information content (AvgIpc) is 2.12. The fraction of sp³-hybridized carbons (Fsp3) is 0.333. The lowest BCUT2D eigenvalue weighted by Gasteiger charge is -2.20. The second-order valence-electron chi connectivity index (χ2n) is 3.13. The summed E-state index contributed by atoms with van der Waals surface area (Å²) in [6.45, 7) is 1.00. The molecule has 2 rings (SSSR count). The monoisotopic (exact) mass is 163 g/mol. The van der Waals surface area contributed by atoms with Crippen molar-refractivity contribution in [2.45, 2.75) is 12.8 Å². The highest BCUT2D eigenvalue weighted by molar-refractivity contribution is 5.81. The lowest BCUT2D eigenvalue weighted by molar-refractivity contribution is 0.831. The van der Waals surface area contributed by atoms with E-state index in [1.54, 1.807) is 0 Å². The van der Waals surface area contributed by atoms with Crippen LogP contribution in [0.2, 0.25) is 0 Å². The number of nitrogens with two attached hydrogens (primary N) is 2. The number of nitrogens with one attached hydrogen (secondary N) is 1. The molecule has 0 spiro atoms. The molecule has 0 atom stereocenters. The van der Waals surface area contributed by atoms with E-state index in [4.69, 9.17) is 11.5 Å². The van der Waals surface area contributed by atoms with Crippen molar-refractivity contribution in [1.29, 1.82) is 0 Å². The van der Waals surface area contributed by atoms with Crippen LogP contribution in [0, 0.1) is 0 Å². The molecule has 3 heteroatoms. The van der Waals surface area contributed by atoms with Gasteiger partial charge in [-0.1, -0.05) is 6.07 Å². The van der Waals surface area contributed by atoms with E-state index in [0.29, 0.717) is 11.4 Å². The summed E-state index contributed by atoms with van der Waals surface area (Å²) in [5.41, 5.74) is 15.2. The third-order valence-corrected chi connectivity index (χ3v) is 2.29. The summed E-state index contributed by atoms with van der Waals surface area (Å²) in [6, 6.07) is 3.92. The van der Waals surface area contributed by atoms with Gasteiger partial charge in [-0.05, 0) is 24.5 Å². The van der Waals surface area contributed by atoms with Crippen LogP contribution in [-0.2, 0) is 6.42 Å². The second-order valence-corrected chi connectivity index (χ2v) is 3.13. The van der Waals surface area contributed by atoms with Gasteiger partial charge < -0.3 is 16.8 Å². The molecule has 0 aliphatic carbocycles. The molecule has 12 heavy (non-hydrogen) atoms. The van der Waals surface area contributed by atoms with Gasteiger partial charge in [-0.2, -0.15) is 0 Å². The third kappa shape index (κ3) is 0.978. The highest BCUT2D eigenvalue weighted by atomic mass is 14.9. The molecule has 0 bridgehead atoms. The normalized spacial score (nSPS) is 15.0. The fourth-order valence-electron chi connectivity index (χ4n) is 1.59. The van der Waals surface area contributed by atoms with Gasteiger partial charge in [0.05, 0.1) is 17.1 Å². The van der Waals surface area contributed by atoms with Gasteiger partial charge in [-0.3, -0.25) is 0 Å². The third-order valence-electron chi connectivity index (χ3n) is 2.29. The molecule has 0 amide bonds. The summed E-state index contributed by atoms with van der Waals surface area (Å²) < 4.78 is 0. The number of benzene rings is 1. The fourth-order valence-corrected chi connectivity index (χ4v) is 1.59. The van der Waals surface area contributed by atoms with Crippen LogP contribution in [0.1, 0.15) is 12.0 Å². The molecular formula is C9H13N3. The topological polar surface area (TPSA) is 64.1 Å². The predicted molar refractivity (Wildman–Crippen MR) is 52.1 cm³/mol. The van der Waals surface area contributed by atoms with E-state index in [1.165, 1.54) is 12.0 Å². The van der Waals surface area contributed by atoms with Crippen molar-refractivity contribution in [3.63, 3.8) is 0 Å². The standard InChI is InChI=1S/C9H13N3/c10-7-4-3-6-2-1-5-12-9(6)8(7)11/h3-4,12H,1-2,5,10-11H2. The van der Waals surface area contributed by atoms with Gasteiger partial charge in [0, 0.05) is 6.54 Å². The zero-order valence-electron chi connectivity index (χ0n) is 6.93. The molecule has 1 aliphatic heterocycles. The summed E-state index contributed by atoms with van der Waals surface area (Å²) in [6.07, 6.45) is 2.28. The Hall–Kier alpha value is -1.38. The average molecular weight is 163 g/mol. The highest BCUT2D eigenvalue weighted by Gasteiger charge is 2.12. The predicted octanol–water partition coefficient (Wildman–Crippen LogP) is 1.21. The Kier molecular flexibility index (Phi) is 1.57. The van der Waals surface area contributed by atoms with Crippen LogP contribution < -0.4 is 16.8 Å². The summed E-state index contributed by atoms with van der Waals surface area (Å²) in [5.74, 6) is 0. The van der Waals surface area contributed by atoms with Crippen LogP contribution in [0.5, 0.6) is 0 Å². The van der Waals surface area contributed by atoms with Crippen LogP contribution >= 0.6 is 0 Å². The largest absolute Gasteiger partial charge is 0.397 e. The van der Waals surface area contributed by atoms with E-state index in [2.05, 4.69) is 5.32 Å². The van der Waals surface area contributed by atoms with Gasteiger partial charge in [-0.25, -0.2) is 0 Å². The zero-order chi connectivity index (χ0) is 8.55. The number of fused-ring (bicyclic) bond motifs is 1. The summed E-state index contributed by atoms with van der Waals surface area (Å²) in [5, 5.41) is 3.27. The molecule has 5 N–H and O–H groups in total. The molecule has 0 saturated heterocycles. The lowest BCUT2D eigenvalue weighted by atomic mass is 10.0. The Morgan fingerprint density at radius 1 is 1.25 bits per heavy atom. The van der Waals surface area contributed by atoms with Gasteiger partial charge in [0.25, 0.3) is 0 Å². The Morgan fingerprint density at radius 2 is 2.08 bits per heavy atom. The Labute approximate surface area is 71.8 Å². The molecule has 0 saturated carbocycles. The number of aryl methyl sites for hydroxylation is 1. The molecule has 0 aromatic heterocycles. The van der Waals surface area contributed by atoms with Crippen molar-refractivity contribution in [3.8, 4) is 0 Å². The molecular weight excluding hydrogens is 150 g/mol. The summed E-state index contributed by atoms with van der Waals surface area (Å²) in [7, 11) is 0. The molecule has 0 fully saturated rings. The van der Waals surface area contributed by atoms with Crippen molar-refractivity contribution >= 4 is 17.1 Å². The Morgan fingerprint density at radius 3 is 2.92 bits per heavy atom. The van der Waals surface area contributed by atoms with Crippen LogP contribution in [0.4, 0.5) is 17.1 Å². The van der Waals surface area contributed by atoms with E-state index < -0.39 is 0 Å². The molecule has 1 aliphatic rings. The SMILES string of the molecule is Nc1ccc2c(c1N)NCCC2. The second kappa shape index (κ2) is 2.59. The number of hydrogen-bond donors (Lipinski definition) is 3. The minimum atomic E-state index is 0.670. The first-order valence-corrected chi connectivity index (χ1v) is 4.20. The minimum Gasteiger partial charge on any atom is -0.397 e. The molecule has 0 unspecified atom stereocenters. The number of hydrogen-bond acceptors (Lipinski definition) is 3. The van der Waals surface area contributed by atoms with E-state index >= 15 is 0 Å². The smallest absolute Gasteiger partial charge is 0.0786 e. The Balaban J connectivity index is 2.54. The zero-order valence-corrected chi connectivity index (χ0v) is 6.93. The van der Waals surface area contributed by atoms with Gasteiger partial charge >= 0.3 is 0 Å². The van der Waals surface area contributed by atoms with Gasteiger partial charge in [0.1, 0.15) is 0 Å². The lowest BCUT2D eigenvalue weighted by Crippen LogP contribution is -2.14. The minimum absolute atomic E-state index is 0.670. The van der Waals surface area contributed by atoms with Crippen LogP contribution in [0.15, 0.2) is 12.1 Å². The van der Waals surface area contributed by atoms with E-state index in [1.807, 2.05) is 12.1 Å². The first kappa shape index (κ1) is 7.28. The first-order valence-electron chi connectivity index (χ1n) is 4.20. The van der Waals surface area contributed by atoms with E-state index in [9.17, 15) is 0 Å².